The molecule has 4 aliphatic rings. The predicted molar refractivity (Wildman–Crippen MR) is 155 cm³/mol. The lowest BCUT2D eigenvalue weighted by Gasteiger charge is -2.45. The van der Waals surface area contributed by atoms with Crippen LogP contribution in [-0.4, -0.2) is 45.0 Å². The number of nitro benzene ring substituents is 1. The minimum absolute atomic E-state index is 0.00678. The third-order valence-corrected chi connectivity index (χ3v) is 8.89. The van der Waals surface area contributed by atoms with E-state index in [2.05, 4.69) is 0 Å². The highest BCUT2D eigenvalue weighted by molar-refractivity contribution is 6.11. The van der Waals surface area contributed by atoms with Gasteiger partial charge in [0, 0.05) is 35.1 Å². The summed E-state index contributed by atoms with van der Waals surface area (Å²) in [6, 6.07) is 27.3. The summed E-state index contributed by atoms with van der Waals surface area (Å²) in [5.41, 5.74) is 5.00. The first-order chi connectivity index (χ1) is 20.8. The lowest BCUT2D eigenvalue weighted by atomic mass is 9.55. The fraction of sp³-hybridized carbons (Fsp3) is 0.176. The minimum Gasteiger partial charge on any atom is -0.292 e. The van der Waals surface area contributed by atoms with Gasteiger partial charge in [-0.3, -0.25) is 29.3 Å². The van der Waals surface area contributed by atoms with Gasteiger partial charge in [0.05, 0.1) is 16.8 Å². The summed E-state index contributed by atoms with van der Waals surface area (Å²) in [5.74, 6) is -4.57. The molecule has 43 heavy (non-hydrogen) atoms. The van der Waals surface area contributed by atoms with Crippen LogP contribution < -0.4 is 0 Å². The molecule has 0 unspecified atom stereocenters. The Kier molecular flexibility index (Phi) is 6.05. The molecule has 9 heteroatoms. The van der Waals surface area contributed by atoms with Crippen molar-refractivity contribution in [3.63, 3.8) is 0 Å². The van der Waals surface area contributed by atoms with Crippen molar-refractivity contribution in [3.05, 3.63) is 146 Å². The Morgan fingerprint density at radius 3 is 1.60 bits per heavy atom. The molecule has 0 aromatic heterocycles. The molecule has 2 atom stereocenters. The van der Waals surface area contributed by atoms with Gasteiger partial charge in [-0.1, -0.05) is 78.4 Å². The van der Waals surface area contributed by atoms with Crippen LogP contribution in [0.15, 0.2) is 97.1 Å². The number of amides is 3. The van der Waals surface area contributed by atoms with E-state index in [1.165, 1.54) is 24.3 Å². The van der Waals surface area contributed by atoms with E-state index in [1.54, 1.807) is 24.3 Å². The number of hydrazine groups is 1. The number of imide groups is 1. The van der Waals surface area contributed by atoms with E-state index in [9.17, 15) is 29.3 Å². The number of ketones is 1. The summed E-state index contributed by atoms with van der Waals surface area (Å²) >= 11 is 0. The van der Waals surface area contributed by atoms with Crippen LogP contribution in [0.1, 0.15) is 60.4 Å². The maximum Gasteiger partial charge on any atom is 0.273 e. The monoisotopic (exact) mass is 571 g/mol. The summed E-state index contributed by atoms with van der Waals surface area (Å²) in [4.78, 5) is 66.8. The molecule has 0 radical (unpaired) electrons. The molecular formula is C34H25N3O6. The molecule has 0 saturated carbocycles. The van der Waals surface area contributed by atoms with Crippen LogP contribution in [0.25, 0.3) is 0 Å². The molecule has 1 aliphatic heterocycles. The van der Waals surface area contributed by atoms with Gasteiger partial charge in [-0.05, 0) is 41.3 Å². The number of aryl methyl sites for hydroxylation is 1. The van der Waals surface area contributed by atoms with Crippen molar-refractivity contribution in [2.45, 2.75) is 18.8 Å². The molecule has 4 aromatic rings. The van der Waals surface area contributed by atoms with Crippen molar-refractivity contribution < 1.29 is 24.1 Å². The normalized spacial score (nSPS) is 21.2. The Bertz CT molecular complexity index is 1730. The van der Waals surface area contributed by atoms with Crippen molar-refractivity contribution in [1.29, 1.82) is 0 Å². The summed E-state index contributed by atoms with van der Waals surface area (Å²) in [6.45, 7) is 1.32. The van der Waals surface area contributed by atoms with Gasteiger partial charge in [0.2, 0.25) is 0 Å². The van der Waals surface area contributed by atoms with Crippen molar-refractivity contribution in [1.82, 2.24) is 10.0 Å². The van der Waals surface area contributed by atoms with Crippen LogP contribution in [0.4, 0.5) is 5.69 Å². The molecule has 9 nitrogen and oxygen atoms in total. The lowest BCUT2D eigenvalue weighted by Crippen LogP contribution is -2.52. The van der Waals surface area contributed by atoms with E-state index >= 15 is 0 Å². The molecule has 0 spiro atoms. The van der Waals surface area contributed by atoms with E-state index in [0.29, 0.717) is 5.56 Å². The largest absolute Gasteiger partial charge is 0.292 e. The average molecular weight is 572 g/mol. The molecule has 1 saturated heterocycles. The Balaban J connectivity index is 1.32. The molecule has 4 aromatic carbocycles. The van der Waals surface area contributed by atoms with Crippen LogP contribution >= 0.6 is 0 Å². The number of carbonyl (C=O) groups excluding carboxylic acids is 4. The summed E-state index contributed by atoms with van der Waals surface area (Å²) in [6.07, 6.45) is 0. The molecule has 3 aliphatic carbocycles. The second kappa shape index (κ2) is 9.84. The second-order valence-corrected chi connectivity index (χ2v) is 11.2. The van der Waals surface area contributed by atoms with Gasteiger partial charge in [0.1, 0.15) is 6.54 Å². The topological polar surface area (TPSA) is 118 Å². The van der Waals surface area contributed by atoms with Gasteiger partial charge in [-0.25, -0.2) is 5.01 Å². The highest BCUT2D eigenvalue weighted by atomic mass is 16.6. The standard InChI is InChI=1S/C34H25N3O6/c1-19-10-12-20(13-11-19)27(38)18-35(32(39)21-14-16-22(17-15-21)37(42)43)36-33(40)30-28-23-6-2-3-7-24(23)29(31(30)34(36)41)26-9-5-4-8-25(26)28/h2-17,28-31H,18H2,1H3/t28?,29?,30-,31+. The fourth-order valence-corrected chi connectivity index (χ4v) is 6.97. The minimum atomic E-state index is -0.780. The quantitative estimate of drug-likeness (QED) is 0.139. The molecule has 3 amide bonds. The first-order valence-corrected chi connectivity index (χ1v) is 14.0. The number of carbonyl (C=O) groups is 4. The maximum atomic E-state index is 14.4. The zero-order valence-corrected chi connectivity index (χ0v) is 23.0. The van der Waals surface area contributed by atoms with E-state index in [-0.39, 0.29) is 23.1 Å². The molecule has 1 heterocycles. The summed E-state index contributed by atoms with van der Waals surface area (Å²) in [7, 11) is 0. The van der Waals surface area contributed by atoms with Crippen LogP contribution in [0.3, 0.4) is 0 Å². The Labute approximate surface area is 246 Å². The van der Waals surface area contributed by atoms with E-state index in [4.69, 9.17) is 0 Å². The van der Waals surface area contributed by atoms with Crippen molar-refractivity contribution in [2.75, 3.05) is 6.54 Å². The highest BCUT2D eigenvalue weighted by Crippen LogP contribution is 2.61. The SMILES string of the molecule is Cc1ccc(C(=O)CN(C(=O)c2ccc([N+](=O)[O-])cc2)N2C(=O)[C@@H]3C4c5ccccc5C(c5ccccc54)[C@@H]3C2=O)cc1. The number of rotatable bonds is 6. The number of nitrogens with zero attached hydrogens (tertiary/aromatic N) is 3. The summed E-state index contributed by atoms with van der Waals surface area (Å²) in [5, 5.41) is 13.0. The molecule has 2 bridgehead atoms. The van der Waals surface area contributed by atoms with Crippen LogP contribution in [0.5, 0.6) is 0 Å². The number of non-ortho nitro benzene ring substituents is 1. The molecule has 212 valence electrons. The smallest absolute Gasteiger partial charge is 0.273 e. The van der Waals surface area contributed by atoms with Crippen molar-refractivity contribution in [3.8, 4) is 0 Å². The number of Topliss-reactive ketones (excluding diaryl/α,β-unsaturated/α-hetero) is 1. The number of hydrogen-bond acceptors (Lipinski definition) is 6. The lowest BCUT2D eigenvalue weighted by molar-refractivity contribution is -0.384. The van der Waals surface area contributed by atoms with Gasteiger partial charge >= 0.3 is 0 Å². The fourth-order valence-electron chi connectivity index (χ4n) is 6.97. The van der Waals surface area contributed by atoms with Crippen molar-refractivity contribution >= 4 is 29.2 Å². The zero-order valence-electron chi connectivity index (χ0n) is 23.0. The van der Waals surface area contributed by atoms with E-state index < -0.39 is 46.8 Å². The van der Waals surface area contributed by atoms with Gasteiger partial charge < -0.3 is 0 Å². The van der Waals surface area contributed by atoms with Crippen LogP contribution in [0, 0.1) is 28.9 Å². The van der Waals surface area contributed by atoms with Gasteiger partial charge in [0.25, 0.3) is 23.4 Å². The van der Waals surface area contributed by atoms with E-state index in [0.717, 1.165) is 37.8 Å². The second-order valence-electron chi connectivity index (χ2n) is 11.2. The third-order valence-electron chi connectivity index (χ3n) is 8.89. The Hall–Kier alpha value is -5.44. The maximum absolute atomic E-state index is 14.4. The van der Waals surface area contributed by atoms with Gasteiger partial charge in [-0.2, -0.15) is 5.01 Å². The average Bonchev–Trinajstić information content (AvgIpc) is 3.29. The first-order valence-electron chi connectivity index (χ1n) is 14.0. The zero-order chi connectivity index (χ0) is 30.0. The third kappa shape index (κ3) is 3.99. The first kappa shape index (κ1) is 26.5. The van der Waals surface area contributed by atoms with Gasteiger partial charge in [0.15, 0.2) is 5.78 Å². The van der Waals surface area contributed by atoms with E-state index in [1.807, 2.05) is 55.5 Å². The Morgan fingerprint density at radius 2 is 1.16 bits per heavy atom. The van der Waals surface area contributed by atoms with Crippen LogP contribution in [0.2, 0.25) is 0 Å². The number of benzene rings is 4. The Morgan fingerprint density at radius 1 is 0.721 bits per heavy atom. The number of nitro groups is 1. The molecule has 0 N–H and O–H groups in total. The van der Waals surface area contributed by atoms with Crippen LogP contribution in [-0.2, 0) is 9.59 Å². The van der Waals surface area contributed by atoms with Gasteiger partial charge in [-0.15, -0.1) is 0 Å². The van der Waals surface area contributed by atoms with Crippen molar-refractivity contribution in [2.24, 2.45) is 11.8 Å². The summed E-state index contributed by atoms with van der Waals surface area (Å²) < 4.78 is 0. The predicted octanol–water partition coefficient (Wildman–Crippen LogP) is 5.04. The molecule has 1 fully saturated rings. The molecule has 8 rings (SSSR count). The molecular weight excluding hydrogens is 546 g/mol. The number of hydrogen-bond donors (Lipinski definition) is 0. The highest BCUT2D eigenvalue weighted by Gasteiger charge is 2.63.